The highest BCUT2D eigenvalue weighted by Crippen LogP contribution is 2.29. The van der Waals surface area contributed by atoms with E-state index in [0.717, 1.165) is 22.3 Å². The van der Waals surface area contributed by atoms with Crippen LogP contribution in [0.15, 0.2) is 59.7 Å². The maximum Gasteiger partial charge on any atom is 0.280 e. The second kappa shape index (κ2) is 11.6. The summed E-state index contributed by atoms with van der Waals surface area (Å²) in [7, 11) is 1.58. The van der Waals surface area contributed by atoms with Crippen molar-refractivity contribution in [3.8, 4) is 17.2 Å². The Bertz CT molecular complexity index is 1150. The highest BCUT2D eigenvalue weighted by Gasteiger charge is 2.15. The maximum atomic E-state index is 12.4. The summed E-state index contributed by atoms with van der Waals surface area (Å²) in [6, 6.07) is 17.2. The van der Waals surface area contributed by atoms with Gasteiger partial charge in [-0.25, -0.2) is 5.43 Å². The average Bonchev–Trinajstić information content (AvgIpc) is 2.82. The molecule has 0 fully saturated rings. The van der Waals surface area contributed by atoms with Crippen LogP contribution in [-0.2, 0) is 11.4 Å². The van der Waals surface area contributed by atoms with Crippen molar-refractivity contribution in [1.29, 1.82) is 0 Å². The van der Waals surface area contributed by atoms with Gasteiger partial charge < -0.3 is 14.2 Å². The molecular weight excluding hydrogens is 452 g/mol. The van der Waals surface area contributed by atoms with Gasteiger partial charge in [-0.05, 0) is 80.3 Å². The number of hydrazone groups is 1. The monoisotopic (exact) mass is 480 g/mol. The summed E-state index contributed by atoms with van der Waals surface area (Å²) >= 11 is 6.19. The van der Waals surface area contributed by atoms with Gasteiger partial charge in [-0.15, -0.1) is 0 Å². The van der Waals surface area contributed by atoms with Gasteiger partial charge in [-0.2, -0.15) is 5.10 Å². The number of carbonyl (C=O) groups is 1. The summed E-state index contributed by atoms with van der Waals surface area (Å²) in [6.07, 6.45) is 0.803. The first-order valence-electron chi connectivity index (χ1n) is 10.9. The number of hydrogen-bond donors (Lipinski definition) is 1. The third-order valence-electron chi connectivity index (χ3n) is 5.18. The first-order chi connectivity index (χ1) is 16.3. The van der Waals surface area contributed by atoms with Gasteiger partial charge in [0, 0.05) is 5.02 Å². The van der Waals surface area contributed by atoms with E-state index in [1.807, 2.05) is 57.2 Å². The minimum absolute atomic E-state index is 0.369. The molecule has 7 heteroatoms. The molecule has 0 aliphatic rings. The van der Waals surface area contributed by atoms with E-state index in [-0.39, 0.29) is 5.91 Å². The van der Waals surface area contributed by atoms with Crippen LogP contribution in [-0.4, -0.2) is 25.3 Å². The fourth-order valence-electron chi connectivity index (χ4n) is 3.22. The SMILES string of the molecule is COc1cc(/C=N/NC(=O)C(C)Oc2cc(C)c(Cl)c(C)c2)ccc1OCc1ccc(C)cc1. The number of hydrogen-bond acceptors (Lipinski definition) is 5. The largest absolute Gasteiger partial charge is 0.493 e. The van der Waals surface area contributed by atoms with Crippen LogP contribution >= 0.6 is 11.6 Å². The smallest absolute Gasteiger partial charge is 0.280 e. The number of halogens is 1. The van der Waals surface area contributed by atoms with E-state index >= 15 is 0 Å². The van der Waals surface area contributed by atoms with Gasteiger partial charge in [0.05, 0.1) is 13.3 Å². The highest BCUT2D eigenvalue weighted by atomic mass is 35.5. The van der Waals surface area contributed by atoms with Gasteiger partial charge in [-0.3, -0.25) is 4.79 Å². The molecule has 6 nitrogen and oxygen atoms in total. The van der Waals surface area contributed by atoms with Crippen LogP contribution in [0.2, 0.25) is 5.02 Å². The molecule has 3 aromatic rings. The maximum absolute atomic E-state index is 12.4. The van der Waals surface area contributed by atoms with E-state index in [9.17, 15) is 4.79 Å². The summed E-state index contributed by atoms with van der Waals surface area (Å²) in [5, 5.41) is 4.73. The van der Waals surface area contributed by atoms with Crippen LogP contribution in [0.3, 0.4) is 0 Å². The van der Waals surface area contributed by atoms with Crippen molar-refractivity contribution < 1.29 is 19.0 Å². The molecule has 1 N–H and O–H groups in total. The quantitative estimate of drug-likeness (QED) is 0.312. The molecule has 0 spiro atoms. The Morgan fingerprint density at radius 3 is 2.35 bits per heavy atom. The number of amides is 1. The van der Waals surface area contributed by atoms with Crippen LogP contribution in [0.4, 0.5) is 0 Å². The van der Waals surface area contributed by atoms with E-state index in [1.165, 1.54) is 11.8 Å². The van der Waals surface area contributed by atoms with Crippen LogP contribution in [0.25, 0.3) is 0 Å². The summed E-state index contributed by atoms with van der Waals surface area (Å²) < 4.78 is 17.1. The Hall–Kier alpha value is -3.51. The van der Waals surface area contributed by atoms with E-state index in [1.54, 1.807) is 32.2 Å². The van der Waals surface area contributed by atoms with Crippen molar-refractivity contribution in [1.82, 2.24) is 5.43 Å². The van der Waals surface area contributed by atoms with Gasteiger partial charge in [-0.1, -0.05) is 41.4 Å². The van der Waals surface area contributed by atoms with Gasteiger partial charge in [0.2, 0.25) is 0 Å². The fraction of sp³-hybridized carbons (Fsp3) is 0.259. The lowest BCUT2D eigenvalue weighted by atomic mass is 10.1. The summed E-state index contributed by atoms with van der Waals surface area (Å²) in [6.45, 7) is 7.93. The number of benzene rings is 3. The molecular formula is C27H29ClN2O4. The topological polar surface area (TPSA) is 69.2 Å². The fourth-order valence-corrected chi connectivity index (χ4v) is 3.33. The Morgan fingerprint density at radius 2 is 1.71 bits per heavy atom. The van der Waals surface area contributed by atoms with Gasteiger partial charge in [0.15, 0.2) is 17.6 Å². The van der Waals surface area contributed by atoms with Crippen LogP contribution < -0.4 is 19.6 Å². The Labute approximate surface area is 205 Å². The first kappa shape index (κ1) is 25.1. The lowest BCUT2D eigenvalue weighted by Gasteiger charge is -2.15. The van der Waals surface area contributed by atoms with Crippen LogP contribution in [0, 0.1) is 20.8 Å². The summed E-state index contributed by atoms with van der Waals surface area (Å²) in [5.41, 5.74) is 7.31. The molecule has 0 bridgehead atoms. The van der Waals surface area contributed by atoms with Crippen molar-refractivity contribution in [2.24, 2.45) is 5.10 Å². The number of nitrogens with zero attached hydrogens (tertiary/aromatic N) is 1. The Balaban J connectivity index is 1.57. The number of carbonyl (C=O) groups excluding carboxylic acids is 1. The predicted octanol–water partition coefficient (Wildman–Crippen LogP) is 5.77. The van der Waals surface area contributed by atoms with Crippen molar-refractivity contribution in [3.63, 3.8) is 0 Å². The zero-order valence-corrected chi connectivity index (χ0v) is 20.8. The number of aryl methyl sites for hydroxylation is 3. The second-order valence-electron chi connectivity index (χ2n) is 8.05. The third-order valence-corrected chi connectivity index (χ3v) is 5.78. The number of methoxy groups -OCH3 is 1. The second-order valence-corrected chi connectivity index (χ2v) is 8.43. The molecule has 3 rings (SSSR count). The molecule has 34 heavy (non-hydrogen) atoms. The average molecular weight is 481 g/mol. The zero-order chi connectivity index (χ0) is 24.7. The minimum atomic E-state index is -0.732. The standard InChI is InChI=1S/C27H29ClN2O4/c1-17-6-8-21(9-7-17)16-33-24-11-10-22(14-25(24)32-5)15-29-30-27(31)20(4)34-23-12-18(2)26(28)19(3)13-23/h6-15,20H,16H2,1-5H3,(H,30,31)/b29-15+. The van der Waals surface area contributed by atoms with Crippen molar-refractivity contribution in [3.05, 3.63) is 87.4 Å². The van der Waals surface area contributed by atoms with Crippen LogP contribution in [0.1, 0.15) is 34.7 Å². The molecule has 1 atom stereocenters. The zero-order valence-electron chi connectivity index (χ0n) is 20.0. The Morgan fingerprint density at radius 1 is 1.03 bits per heavy atom. The van der Waals surface area contributed by atoms with E-state index in [2.05, 4.69) is 10.5 Å². The molecule has 0 heterocycles. The summed E-state index contributed by atoms with van der Waals surface area (Å²) in [5.74, 6) is 1.41. The number of ether oxygens (including phenoxy) is 3. The molecule has 0 saturated heterocycles. The lowest BCUT2D eigenvalue weighted by Crippen LogP contribution is -2.33. The highest BCUT2D eigenvalue weighted by molar-refractivity contribution is 6.32. The molecule has 178 valence electrons. The molecule has 1 unspecified atom stereocenters. The molecule has 0 aromatic heterocycles. The molecule has 3 aromatic carbocycles. The molecule has 0 aliphatic carbocycles. The summed E-state index contributed by atoms with van der Waals surface area (Å²) in [4.78, 5) is 12.4. The number of rotatable bonds is 9. The van der Waals surface area contributed by atoms with E-state index in [4.69, 9.17) is 25.8 Å². The first-order valence-corrected chi connectivity index (χ1v) is 11.3. The lowest BCUT2D eigenvalue weighted by molar-refractivity contribution is -0.127. The van der Waals surface area contributed by atoms with E-state index < -0.39 is 6.10 Å². The van der Waals surface area contributed by atoms with Crippen molar-refractivity contribution in [2.75, 3.05) is 7.11 Å². The minimum Gasteiger partial charge on any atom is -0.493 e. The van der Waals surface area contributed by atoms with E-state index in [0.29, 0.717) is 28.9 Å². The van der Waals surface area contributed by atoms with Crippen molar-refractivity contribution in [2.45, 2.75) is 40.4 Å². The molecule has 0 saturated carbocycles. The molecule has 1 amide bonds. The number of nitrogens with one attached hydrogen (secondary N) is 1. The molecule has 0 radical (unpaired) electrons. The van der Waals surface area contributed by atoms with Gasteiger partial charge >= 0.3 is 0 Å². The normalized spacial score (nSPS) is 11.8. The van der Waals surface area contributed by atoms with Crippen molar-refractivity contribution >= 4 is 23.7 Å². The van der Waals surface area contributed by atoms with Gasteiger partial charge in [0.1, 0.15) is 12.4 Å². The van der Waals surface area contributed by atoms with Gasteiger partial charge in [0.25, 0.3) is 5.91 Å². The predicted molar refractivity (Wildman–Crippen MR) is 135 cm³/mol. The molecule has 0 aliphatic heterocycles. The Kier molecular flexibility index (Phi) is 8.55. The van der Waals surface area contributed by atoms with Crippen LogP contribution in [0.5, 0.6) is 17.2 Å². The third kappa shape index (κ3) is 6.75.